The summed E-state index contributed by atoms with van der Waals surface area (Å²) in [7, 11) is 4.03. The summed E-state index contributed by atoms with van der Waals surface area (Å²) in [5.74, 6) is 0.983. The van der Waals surface area contributed by atoms with E-state index in [0.29, 0.717) is 11.8 Å². The van der Waals surface area contributed by atoms with Gasteiger partial charge in [0.15, 0.2) is 0 Å². The van der Waals surface area contributed by atoms with Gasteiger partial charge in [-0.2, -0.15) is 0 Å². The van der Waals surface area contributed by atoms with Gasteiger partial charge in [-0.15, -0.1) is 11.6 Å². The predicted molar refractivity (Wildman–Crippen MR) is 69.9 cm³/mol. The number of carbonyl (C=O) groups excluding carboxylic acids is 1. The summed E-state index contributed by atoms with van der Waals surface area (Å²) >= 11 is 5.73. The maximum Gasteiger partial charge on any atom is 0.226 e. The van der Waals surface area contributed by atoms with Gasteiger partial charge in [-0.25, -0.2) is 0 Å². The molecule has 96 valence electrons. The lowest BCUT2D eigenvalue weighted by Gasteiger charge is -2.28. The van der Waals surface area contributed by atoms with Crippen LogP contribution in [0.4, 0.5) is 0 Å². The Labute approximate surface area is 105 Å². The van der Waals surface area contributed by atoms with Crippen LogP contribution < -0.4 is 0 Å². The van der Waals surface area contributed by atoms with Crippen LogP contribution in [0.3, 0.4) is 0 Å². The standard InChI is InChI=1S/C12H25ClN2O/c1-10(2)9-15(7-6-14(4)5)12(16)11(3)8-13/h10-11H,6-9H2,1-5H3. The Kier molecular flexibility index (Phi) is 7.77. The molecule has 0 rings (SSSR count). The van der Waals surface area contributed by atoms with E-state index < -0.39 is 0 Å². The van der Waals surface area contributed by atoms with Crippen LogP contribution in [0.15, 0.2) is 0 Å². The maximum atomic E-state index is 12.0. The van der Waals surface area contributed by atoms with Crippen LogP contribution in [-0.2, 0) is 4.79 Å². The summed E-state index contributed by atoms with van der Waals surface area (Å²) in [6.07, 6.45) is 0. The molecule has 1 unspecified atom stereocenters. The van der Waals surface area contributed by atoms with E-state index in [0.717, 1.165) is 19.6 Å². The molecule has 0 aromatic heterocycles. The van der Waals surface area contributed by atoms with Crippen molar-refractivity contribution in [3.8, 4) is 0 Å². The molecule has 0 saturated heterocycles. The molecule has 1 amide bonds. The second-order valence-electron chi connectivity index (χ2n) is 5.04. The number of alkyl halides is 1. The fourth-order valence-corrected chi connectivity index (χ4v) is 1.56. The Morgan fingerprint density at radius 2 is 1.75 bits per heavy atom. The van der Waals surface area contributed by atoms with E-state index in [1.165, 1.54) is 0 Å². The van der Waals surface area contributed by atoms with Gasteiger partial charge >= 0.3 is 0 Å². The lowest BCUT2D eigenvalue weighted by molar-refractivity contribution is -0.135. The van der Waals surface area contributed by atoms with E-state index in [4.69, 9.17) is 11.6 Å². The highest BCUT2D eigenvalue weighted by Crippen LogP contribution is 2.07. The quantitative estimate of drug-likeness (QED) is 0.643. The molecule has 0 aliphatic rings. The summed E-state index contributed by atoms with van der Waals surface area (Å²) in [5, 5.41) is 0. The normalized spacial score (nSPS) is 13.2. The minimum Gasteiger partial charge on any atom is -0.341 e. The Morgan fingerprint density at radius 1 is 1.19 bits per heavy atom. The molecule has 0 spiro atoms. The molecule has 0 aromatic rings. The molecule has 0 aliphatic heterocycles. The Morgan fingerprint density at radius 3 is 2.12 bits per heavy atom. The minimum absolute atomic E-state index is 0.0809. The molecule has 0 aliphatic carbocycles. The molecular weight excluding hydrogens is 224 g/mol. The van der Waals surface area contributed by atoms with Crippen molar-refractivity contribution in [3.05, 3.63) is 0 Å². The average molecular weight is 249 g/mol. The van der Waals surface area contributed by atoms with Crippen molar-refractivity contribution in [2.45, 2.75) is 20.8 Å². The number of nitrogens with zero attached hydrogens (tertiary/aromatic N) is 2. The van der Waals surface area contributed by atoms with Crippen molar-refractivity contribution in [1.29, 1.82) is 0 Å². The fourth-order valence-electron chi connectivity index (χ4n) is 1.43. The molecule has 0 saturated carbocycles. The zero-order chi connectivity index (χ0) is 12.7. The highest BCUT2D eigenvalue weighted by Gasteiger charge is 2.20. The van der Waals surface area contributed by atoms with Crippen LogP contribution in [0.5, 0.6) is 0 Å². The molecular formula is C12H25ClN2O. The number of hydrogen-bond acceptors (Lipinski definition) is 2. The van der Waals surface area contributed by atoms with Crippen molar-refractivity contribution in [2.75, 3.05) is 39.6 Å². The molecule has 4 heteroatoms. The number of amides is 1. The largest absolute Gasteiger partial charge is 0.341 e. The van der Waals surface area contributed by atoms with Crippen molar-refractivity contribution in [3.63, 3.8) is 0 Å². The average Bonchev–Trinajstić information content (AvgIpc) is 2.21. The first-order valence-corrected chi connectivity index (χ1v) is 6.41. The van der Waals surface area contributed by atoms with Gasteiger partial charge in [-0.05, 0) is 20.0 Å². The third-order valence-corrected chi connectivity index (χ3v) is 2.83. The first-order valence-electron chi connectivity index (χ1n) is 5.88. The molecule has 0 radical (unpaired) electrons. The van der Waals surface area contributed by atoms with Gasteiger partial charge in [0.2, 0.25) is 5.91 Å². The van der Waals surface area contributed by atoms with Gasteiger partial charge in [-0.1, -0.05) is 20.8 Å². The Bertz CT molecular complexity index is 207. The van der Waals surface area contributed by atoms with E-state index in [1.807, 2.05) is 25.9 Å². The summed E-state index contributed by atoms with van der Waals surface area (Å²) in [6, 6.07) is 0. The highest BCUT2D eigenvalue weighted by molar-refractivity contribution is 6.19. The van der Waals surface area contributed by atoms with Gasteiger partial charge in [0.05, 0.1) is 0 Å². The van der Waals surface area contributed by atoms with E-state index in [-0.39, 0.29) is 11.8 Å². The summed E-state index contributed by atoms with van der Waals surface area (Å²) < 4.78 is 0. The van der Waals surface area contributed by atoms with Crippen molar-refractivity contribution < 1.29 is 4.79 Å². The van der Waals surface area contributed by atoms with Crippen LogP contribution in [0.2, 0.25) is 0 Å². The van der Waals surface area contributed by atoms with Crippen LogP contribution in [0, 0.1) is 11.8 Å². The number of rotatable bonds is 7. The minimum atomic E-state index is -0.0809. The van der Waals surface area contributed by atoms with Crippen LogP contribution in [-0.4, -0.2) is 55.3 Å². The molecule has 1 atom stereocenters. The third kappa shape index (κ3) is 6.33. The number of likely N-dealkylation sites (N-methyl/N-ethyl adjacent to an activating group) is 1. The molecule has 0 fully saturated rings. The van der Waals surface area contributed by atoms with Gasteiger partial charge < -0.3 is 9.80 Å². The van der Waals surface area contributed by atoms with E-state index >= 15 is 0 Å². The summed E-state index contributed by atoms with van der Waals surface area (Å²) in [4.78, 5) is 16.1. The Balaban J connectivity index is 4.34. The lowest BCUT2D eigenvalue weighted by Crippen LogP contribution is -2.42. The van der Waals surface area contributed by atoms with Crippen molar-refractivity contribution in [1.82, 2.24) is 9.80 Å². The van der Waals surface area contributed by atoms with Gasteiger partial charge in [0.1, 0.15) is 0 Å². The molecule has 3 nitrogen and oxygen atoms in total. The van der Waals surface area contributed by atoms with Gasteiger partial charge in [-0.3, -0.25) is 4.79 Å². The van der Waals surface area contributed by atoms with Crippen molar-refractivity contribution in [2.24, 2.45) is 11.8 Å². The van der Waals surface area contributed by atoms with E-state index in [9.17, 15) is 4.79 Å². The summed E-state index contributed by atoms with van der Waals surface area (Å²) in [5.41, 5.74) is 0. The van der Waals surface area contributed by atoms with Crippen LogP contribution in [0.1, 0.15) is 20.8 Å². The van der Waals surface area contributed by atoms with Crippen molar-refractivity contribution >= 4 is 17.5 Å². The smallest absolute Gasteiger partial charge is 0.226 e. The number of carbonyl (C=O) groups is 1. The fraction of sp³-hybridized carbons (Fsp3) is 0.917. The zero-order valence-corrected chi connectivity index (χ0v) is 11.9. The third-order valence-electron chi connectivity index (χ3n) is 2.37. The topological polar surface area (TPSA) is 23.6 Å². The first-order chi connectivity index (χ1) is 7.38. The van der Waals surface area contributed by atoms with Crippen LogP contribution >= 0.6 is 11.6 Å². The van der Waals surface area contributed by atoms with Gasteiger partial charge in [0.25, 0.3) is 0 Å². The lowest BCUT2D eigenvalue weighted by atomic mass is 10.1. The van der Waals surface area contributed by atoms with E-state index in [1.54, 1.807) is 0 Å². The van der Waals surface area contributed by atoms with Gasteiger partial charge in [0, 0.05) is 31.4 Å². The van der Waals surface area contributed by atoms with Crippen LogP contribution in [0.25, 0.3) is 0 Å². The second-order valence-corrected chi connectivity index (χ2v) is 5.35. The second kappa shape index (κ2) is 7.91. The first kappa shape index (κ1) is 15.7. The maximum absolute atomic E-state index is 12.0. The molecule has 0 bridgehead atoms. The molecule has 0 N–H and O–H groups in total. The SMILES string of the molecule is CC(C)CN(CCN(C)C)C(=O)C(C)CCl. The molecule has 0 aromatic carbocycles. The highest BCUT2D eigenvalue weighted by atomic mass is 35.5. The number of hydrogen-bond donors (Lipinski definition) is 0. The predicted octanol–water partition coefficient (Wildman–Crippen LogP) is 1.91. The summed E-state index contributed by atoms with van der Waals surface area (Å²) in [6.45, 7) is 8.63. The molecule has 0 heterocycles. The monoisotopic (exact) mass is 248 g/mol. The number of halogens is 1. The Hall–Kier alpha value is -0.280. The van der Waals surface area contributed by atoms with E-state index in [2.05, 4.69) is 18.7 Å². The molecule has 16 heavy (non-hydrogen) atoms. The zero-order valence-electron chi connectivity index (χ0n) is 11.2.